The summed E-state index contributed by atoms with van der Waals surface area (Å²) < 4.78 is 0. The molecule has 2 rings (SSSR count). The summed E-state index contributed by atoms with van der Waals surface area (Å²) in [6, 6.07) is 5.40. The minimum absolute atomic E-state index is 0.0746. The number of benzene rings is 1. The molecule has 1 saturated heterocycles. The average molecular weight is 281 g/mol. The van der Waals surface area contributed by atoms with E-state index in [1.807, 2.05) is 18.0 Å². The van der Waals surface area contributed by atoms with Crippen LogP contribution in [0.2, 0.25) is 5.02 Å². The van der Waals surface area contributed by atoms with Crippen LogP contribution in [0.3, 0.4) is 0 Å². The molecule has 1 aromatic rings. The van der Waals surface area contributed by atoms with Crippen LogP contribution in [-0.2, 0) is 0 Å². The maximum atomic E-state index is 12.6. The zero-order chi connectivity index (χ0) is 14.0. The summed E-state index contributed by atoms with van der Waals surface area (Å²) in [5.74, 6) is 1.31. The third kappa shape index (κ3) is 3.03. The van der Waals surface area contributed by atoms with Gasteiger partial charge in [-0.1, -0.05) is 25.4 Å². The first-order valence-corrected chi connectivity index (χ1v) is 7.17. The van der Waals surface area contributed by atoms with Gasteiger partial charge in [0.15, 0.2) is 0 Å². The van der Waals surface area contributed by atoms with Crippen molar-refractivity contribution in [2.75, 3.05) is 25.5 Å². The summed E-state index contributed by atoms with van der Waals surface area (Å²) in [5, 5.41) is 3.65. The molecule has 1 fully saturated rings. The Kier molecular flexibility index (Phi) is 4.35. The smallest absolute Gasteiger partial charge is 0.256 e. The van der Waals surface area contributed by atoms with Crippen molar-refractivity contribution >= 4 is 23.2 Å². The van der Waals surface area contributed by atoms with E-state index in [2.05, 4.69) is 19.2 Å². The van der Waals surface area contributed by atoms with Gasteiger partial charge in [0.05, 0.1) is 5.56 Å². The number of piperidine rings is 1. The Morgan fingerprint density at radius 1 is 1.37 bits per heavy atom. The lowest BCUT2D eigenvalue weighted by atomic mass is 9.88. The van der Waals surface area contributed by atoms with Crippen LogP contribution in [0.15, 0.2) is 18.2 Å². The topological polar surface area (TPSA) is 32.3 Å². The molecule has 1 amide bonds. The normalized spacial score (nSPS) is 23.3. The number of nitrogens with zero attached hydrogens (tertiary/aromatic N) is 1. The Hall–Kier alpha value is -1.22. The summed E-state index contributed by atoms with van der Waals surface area (Å²) in [7, 11) is 1.82. The minimum atomic E-state index is 0.0746. The Bertz CT molecular complexity index is 475. The largest absolute Gasteiger partial charge is 0.387 e. The predicted molar refractivity (Wildman–Crippen MR) is 79.8 cm³/mol. The van der Waals surface area contributed by atoms with Crippen LogP contribution >= 0.6 is 11.6 Å². The molecule has 0 radical (unpaired) electrons. The van der Waals surface area contributed by atoms with Crippen LogP contribution in [0, 0.1) is 11.8 Å². The van der Waals surface area contributed by atoms with Crippen LogP contribution in [0.1, 0.15) is 30.6 Å². The quantitative estimate of drug-likeness (QED) is 0.899. The van der Waals surface area contributed by atoms with Gasteiger partial charge in [0.1, 0.15) is 0 Å². The van der Waals surface area contributed by atoms with E-state index in [1.54, 1.807) is 12.1 Å². The maximum absolute atomic E-state index is 12.6. The van der Waals surface area contributed by atoms with E-state index in [4.69, 9.17) is 11.6 Å². The molecule has 1 heterocycles. The molecule has 3 nitrogen and oxygen atoms in total. The summed E-state index contributed by atoms with van der Waals surface area (Å²) in [6.45, 7) is 6.13. The number of hydrogen-bond donors (Lipinski definition) is 1. The van der Waals surface area contributed by atoms with Gasteiger partial charge in [0.2, 0.25) is 0 Å². The van der Waals surface area contributed by atoms with Gasteiger partial charge >= 0.3 is 0 Å². The number of likely N-dealkylation sites (tertiary alicyclic amines) is 1. The van der Waals surface area contributed by atoms with Crippen molar-refractivity contribution in [3.8, 4) is 0 Å². The van der Waals surface area contributed by atoms with E-state index >= 15 is 0 Å². The van der Waals surface area contributed by atoms with Crippen LogP contribution < -0.4 is 5.32 Å². The number of hydrogen-bond acceptors (Lipinski definition) is 2. The van der Waals surface area contributed by atoms with Crippen molar-refractivity contribution in [3.63, 3.8) is 0 Å². The molecule has 2 unspecified atom stereocenters. The highest BCUT2D eigenvalue weighted by molar-refractivity contribution is 6.31. The molecular formula is C15H21ClN2O. The first kappa shape index (κ1) is 14.2. The van der Waals surface area contributed by atoms with E-state index in [0.29, 0.717) is 22.4 Å². The van der Waals surface area contributed by atoms with Crippen LogP contribution in [0.25, 0.3) is 0 Å². The molecule has 0 bridgehead atoms. The number of halogens is 1. The van der Waals surface area contributed by atoms with Gasteiger partial charge in [-0.05, 0) is 36.5 Å². The van der Waals surface area contributed by atoms with Crippen LogP contribution in [0.5, 0.6) is 0 Å². The summed E-state index contributed by atoms with van der Waals surface area (Å²) in [4.78, 5) is 14.6. The van der Waals surface area contributed by atoms with Crippen molar-refractivity contribution in [1.82, 2.24) is 4.90 Å². The molecule has 1 N–H and O–H groups in total. The fraction of sp³-hybridized carbons (Fsp3) is 0.533. The molecule has 1 aliphatic heterocycles. The standard InChI is InChI=1S/C15H21ClN2O/c1-10-6-7-18(9-11(10)2)15(19)13-8-12(16)4-5-14(13)17-3/h4-5,8,10-11,17H,6-7,9H2,1-3H3. The summed E-state index contributed by atoms with van der Waals surface area (Å²) in [5.41, 5.74) is 1.50. The number of amides is 1. The molecule has 2 atom stereocenters. The van der Waals surface area contributed by atoms with E-state index in [9.17, 15) is 4.79 Å². The first-order chi connectivity index (χ1) is 9.02. The molecule has 1 aliphatic rings. The highest BCUT2D eigenvalue weighted by Gasteiger charge is 2.27. The molecular weight excluding hydrogens is 260 g/mol. The summed E-state index contributed by atoms with van der Waals surface area (Å²) in [6.07, 6.45) is 1.07. The Balaban J connectivity index is 2.22. The lowest BCUT2D eigenvalue weighted by molar-refractivity contribution is 0.0628. The van der Waals surface area contributed by atoms with Crippen LogP contribution in [0.4, 0.5) is 5.69 Å². The van der Waals surface area contributed by atoms with Gasteiger partial charge < -0.3 is 10.2 Å². The second kappa shape index (κ2) is 5.83. The highest BCUT2D eigenvalue weighted by atomic mass is 35.5. The molecule has 4 heteroatoms. The molecule has 1 aromatic carbocycles. The maximum Gasteiger partial charge on any atom is 0.256 e. The number of nitrogens with one attached hydrogen (secondary N) is 1. The van der Waals surface area contributed by atoms with Gasteiger partial charge in [-0.3, -0.25) is 4.79 Å². The Morgan fingerprint density at radius 3 is 2.74 bits per heavy atom. The van der Waals surface area contributed by atoms with Gasteiger partial charge in [0, 0.05) is 30.8 Å². The van der Waals surface area contributed by atoms with Crippen molar-refractivity contribution in [2.24, 2.45) is 11.8 Å². The predicted octanol–water partition coefficient (Wildman–Crippen LogP) is 3.50. The molecule has 0 aliphatic carbocycles. The van der Waals surface area contributed by atoms with Crippen molar-refractivity contribution in [2.45, 2.75) is 20.3 Å². The second-order valence-corrected chi connectivity index (χ2v) is 5.87. The number of anilines is 1. The third-order valence-corrected chi connectivity index (χ3v) is 4.34. The summed E-state index contributed by atoms with van der Waals surface area (Å²) >= 11 is 6.01. The molecule has 0 aromatic heterocycles. The lowest BCUT2D eigenvalue weighted by Gasteiger charge is -2.35. The fourth-order valence-corrected chi connectivity index (χ4v) is 2.70. The Morgan fingerprint density at radius 2 is 2.11 bits per heavy atom. The van der Waals surface area contributed by atoms with Crippen molar-refractivity contribution in [3.05, 3.63) is 28.8 Å². The molecule has 104 valence electrons. The Labute approximate surface area is 119 Å². The average Bonchev–Trinajstić information content (AvgIpc) is 2.41. The van der Waals surface area contributed by atoms with Gasteiger partial charge in [0.25, 0.3) is 5.91 Å². The van der Waals surface area contributed by atoms with Gasteiger partial charge in [-0.25, -0.2) is 0 Å². The van der Waals surface area contributed by atoms with E-state index in [0.717, 1.165) is 25.2 Å². The SMILES string of the molecule is CNc1ccc(Cl)cc1C(=O)N1CCC(C)C(C)C1. The van der Waals surface area contributed by atoms with Gasteiger partial charge in [-0.15, -0.1) is 0 Å². The van der Waals surface area contributed by atoms with E-state index in [-0.39, 0.29) is 5.91 Å². The zero-order valence-corrected chi connectivity index (χ0v) is 12.5. The molecule has 19 heavy (non-hydrogen) atoms. The zero-order valence-electron chi connectivity index (χ0n) is 11.7. The molecule has 0 saturated carbocycles. The number of rotatable bonds is 2. The monoisotopic (exact) mass is 280 g/mol. The highest BCUT2D eigenvalue weighted by Crippen LogP contribution is 2.27. The minimum Gasteiger partial charge on any atom is -0.387 e. The first-order valence-electron chi connectivity index (χ1n) is 6.79. The fourth-order valence-electron chi connectivity index (χ4n) is 2.53. The number of carbonyl (C=O) groups is 1. The molecule has 0 spiro atoms. The van der Waals surface area contributed by atoms with Crippen molar-refractivity contribution in [1.29, 1.82) is 0 Å². The van der Waals surface area contributed by atoms with Crippen LogP contribution in [-0.4, -0.2) is 30.9 Å². The van der Waals surface area contributed by atoms with E-state index < -0.39 is 0 Å². The van der Waals surface area contributed by atoms with Crippen molar-refractivity contribution < 1.29 is 4.79 Å². The lowest BCUT2D eigenvalue weighted by Crippen LogP contribution is -2.42. The van der Waals surface area contributed by atoms with Gasteiger partial charge in [-0.2, -0.15) is 0 Å². The third-order valence-electron chi connectivity index (χ3n) is 4.10. The second-order valence-electron chi connectivity index (χ2n) is 5.43. The van der Waals surface area contributed by atoms with E-state index in [1.165, 1.54) is 0 Å². The number of carbonyl (C=O) groups excluding carboxylic acids is 1.